The molecule has 0 aliphatic carbocycles. The van der Waals surface area contributed by atoms with Gasteiger partial charge in [0.2, 0.25) is 5.91 Å². The van der Waals surface area contributed by atoms with Crippen LogP contribution in [0.4, 0.5) is 11.4 Å². The summed E-state index contributed by atoms with van der Waals surface area (Å²) in [4.78, 5) is 23.4. The van der Waals surface area contributed by atoms with E-state index in [9.17, 15) is 19.8 Å². The van der Waals surface area contributed by atoms with Gasteiger partial charge < -0.3 is 26.2 Å². The number of phenolic OH excluding ortho intramolecular Hbond substituents is 1. The first-order valence-corrected chi connectivity index (χ1v) is 8.29. The summed E-state index contributed by atoms with van der Waals surface area (Å²) in [6.45, 7) is 2.92. The number of hydrogen-bond donors (Lipinski definition) is 5. The molecule has 0 saturated heterocycles. The van der Waals surface area contributed by atoms with Crippen LogP contribution in [0.5, 0.6) is 5.75 Å². The van der Waals surface area contributed by atoms with Crippen molar-refractivity contribution in [3.05, 3.63) is 54.1 Å². The maximum atomic E-state index is 12.0. The van der Waals surface area contributed by atoms with Crippen molar-refractivity contribution in [2.75, 3.05) is 23.7 Å². The Balaban J connectivity index is 1.78. The molecule has 2 rings (SSSR count). The highest BCUT2D eigenvalue weighted by Crippen LogP contribution is 2.15. The van der Waals surface area contributed by atoms with Gasteiger partial charge >= 0.3 is 5.97 Å². The minimum absolute atomic E-state index is 0.0259. The molecule has 138 valence electrons. The number of aromatic hydroxyl groups is 1. The highest BCUT2D eigenvalue weighted by atomic mass is 16.4. The topological polar surface area (TPSA) is 111 Å². The van der Waals surface area contributed by atoms with Crippen molar-refractivity contribution >= 4 is 23.3 Å². The third-order valence-corrected chi connectivity index (χ3v) is 3.68. The van der Waals surface area contributed by atoms with E-state index >= 15 is 0 Å². The first-order chi connectivity index (χ1) is 12.4. The fraction of sp³-hybridized carbons (Fsp3) is 0.263. The molecule has 1 amide bonds. The summed E-state index contributed by atoms with van der Waals surface area (Å²) in [5.41, 5.74) is 2.51. The van der Waals surface area contributed by atoms with Gasteiger partial charge in [-0.15, -0.1) is 0 Å². The Morgan fingerprint density at radius 1 is 1.04 bits per heavy atom. The molecule has 0 spiro atoms. The van der Waals surface area contributed by atoms with Gasteiger partial charge in [-0.1, -0.05) is 18.2 Å². The molecule has 0 heterocycles. The molecule has 2 aromatic rings. The van der Waals surface area contributed by atoms with Crippen LogP contribution in [0.1, 0.15) is 12.0 Å². The molecule has 0 fully saturated rings. The van der Waals surface area contributed by atoms with Gasteiger partial charge in [0.15, 0.2) is 0 Å². The molecule has 0 aromatic heterocycles. The molecule has 0 bridgehead atoms. The predicted octanol–water partition coefficient (Wildman–Crippen LogP) is 2.18. The first kappa shape index (κ1) is 19.3. The van der Waals surface area contributed by atoms with E-state index in [-0.39, 0.29) is 12.2 Å². The van der Waals surface area contributed by atoms with Crippen molar-refractivity contribution < 1.29 is 19.8 Å². The number of benzene rings is 2. The van der Waals surface area contributed by atoms with Crippen LogP contribution in [0.3, 0.4) is 0 Å². The van der Waals surface area contributed by atoms with E-state index < -0.39 is 17.9 Å². The Morgan fingerprint density at radius 2 is 1.77 bits per heavy atom. The number of rotatable bonds is 9. The summed E-state index contributed by atoms with van der Waals surface area (Å²) in [7, 11) is 0. The molecule has 0 unspecified atom stereocenters. The van der Waals surface area contributed by atoms with Gasteiger partial charge in [0.05, 0.1) is 6.42 Å². The summed E-state index contributed by atoms with van der Waals surface area (Å²) in [5.74, 6) is -1.51. The molecule has 0 aliphatic heterocycles. The maximum Gasteiger partial charge on any atom is 0.321 e. The molecule has 7 nitrogen and oxygen atoms in total. The summed E-state index contributed by atoms with van der Waals surface area (Å²) < 4.78 is 0. The number of amides is 1. The number of aliphatic carboxylic acids is 1. The van der Waals surface area contributed by atoms with Gasteiger partial charge in [-0.25, -0.2) is 0 Å². The van der Waals surface area contributed by atoms with Crippen LogP contribution < -0.4 is 16.0 Å². The van der Waals surface area contributed by atoms with Gasteiger partial charge in [0, 0.05) is 30.5 Å². The Labute approximate surface area is 152 Å². The zero-order chi connectivity index (χ0) is 18.9. The van der Waals surface area contributed by atoms with Crippen LogP contribution in [0.2, 0.25) is 0 Å². The lowest BCUT2D eigenvalue weighted by molar-refractivity contribution is -0.141. The summed E-state index contributed by atoms with van der Waals surface area (Å²) in [6.07, 6.45) is -0.213. The van der Waals surface area contributed by atoms with Crippen LogP contribution >= 0.6 is 0 Å². The van der Waals surface area contributed by atoms with Crippen LogP contribution in [0.25, 0.3) is 0 Å². The lowest BCUT2D eigenvalue weighted by Gasteiger charge is -2.15. The lowest BCUT2D eigenvalue weighted by atomic mass is 10.2. The van der Waals surface area contributed by atoms with Gasteiger partial charge in [-0.3, -0.25) is 9.59 Å². The number of carboxylic acids is 1. The van der Waals surface area contributed by atoms with E-state index in [0.717, 1.165) is 11.3 Å². The smallest absolute Gasteiger partial charge is 0.321 e. The normalized spacial score (nSPS) is 11.6. The summed E-state index contributed by atoms with van der Waals surface area (Å²) in [5, 5.41) is 27.3. The van der Waals surface area contributed by atoms with Gasteiger partial charge in [-0.2, -0.15) is 0 Å². The van der Waals surface area contributed by atoms with Crippen molar-refractivity contribution in [3.63, 3.8) is 0 Å². The first-order valence-electron chi connectivity index (χ1n) is 8.29. The van der Waals surface area contributed by atoms with Gasteiger partial charge in [-0.05, 0) is 36.8 Å². The second-order valence-electron chi connectivity index (χ2n) is 5.94. The van der Waals surface area contributed by atoms with E-state index in [1.165, 1.54) is 12.1 Å². The quantitative estimate of drug-likeness (QED) is 0.440. The van der Waals surface area contributed by atoms with E-state index in [2.05, 4.69) is 16.0 Å². The molecule has 26 heavy (non-hydrogen) atoms. The van der Waals surface area contributed by atoms with Gasteiger partial charge in [0.1, 0.15) is 11.8 Å². The predicted molar refractivity (Wildman–Crippen MR) is 100 cm³/mol. The van der Waals surface area contributed by atoms with Crippen molar-refractivity contribution in [1.29, 1.82) is 0 Å². The minimum Gasteiger partial charge on any atom is -0.508 e. The number of nitrogens with one attached hydrogen (secondary N) is 3. The Kier molecular flexibility index (Phi) is 6.99. The Hall–Kier alpha value is -3.06. The van der Waals surface area contributed by atoms with Crippen molar-refractivity contribution in [2.45, 2.75) is 19.4 Å². The SMILES string of the molecule is Cc1cccc(NCCN[C@@H](CC(=O)Nc2cccc(O)c2)C(=O)O)c1. The molecule has 0 aliphatic rings. The highest BCUT2D eigenvalue weighted by molar-refractivity contribution is 5.94. The second kappa shape index (κ2) is 9.43. The Bertz CT molecular complexity index is 764. The van der Waals surface area contributed by atoms with Crippen molar-refractivity contribution in [2.24, 2.45) is 0 Å². The number of carbonyl (C=O) groups is 2. The average molecular weight is 357 g/mol. The molecule has 7 heteroatoms. The molecular formula is C19H23N3O4. The van der Waals surface area contributed by atoms with E-state index in [4.69, 9.17) is 0 Å². The fourth-order valence-electron chi connectivity index (χ4n) is 2.44. The third kappa shape index (κ3) is 6.45. The van der Waals surface area contributed by atoms with Crippen molar-refractivity contribution in [3.8, 4) is 5.75 Å². The van der Waals surface area contributed by atoms with Crippen molar-refractivity contribution in [1.82, 2.24) is 5.32 Å². The van der Waals surface area contributed by atoms with Crippen LogP contribution in [0.15, 0.2) is 48.5 Å². The monoisotopic (exact) mass is 357 g/mol. The summed E-state index contributed by atoms with van der Waals surface area (Å²) >= 11 is 0. The fourth-order valence-corrected chi connectivity index (χ4v) is 2.44. The average Bonchev–Trinajstić information content (AvgIpc) is 2.57. The number of phenols is 1. The second-order valence-corrected chi connectivity index (χ2v) is 5.94. The third-order valence-electron chi connectivity index (χ3n) is 3.68. The Morgan fingerprint density at radius 3 is 2.46 bits per heavy atom. The molecule has 5 N–H and O–H groups in total. The highest BCUT2D eigenvalue weighted by Gasteiger charge is 2.20. The van der Waals surface area contributed by atoms with Crippen LogP contribution in [-0.2, 0) is 9.59 Å². The summed E-state index contributed by atoms with van der Waals surface area (Å²) in [6, 6.07) is 13.0. The number of aryl methyl sites for hydroxylation is 1. The minimum atomic E-state index is -1.09. The standard InChI is InChI=1S/C19H23N3O4/c1-13-4-2-5-14(10-13)20-8-9-21-17(19(25)26)12-18(24)22-15-6-3-7-16(23)11-15/h2-7,10-11,17,20-21,23H,8-9,12H2,1H3,(H,22,24)(H,25,26)/t17-/m0/s1. The van der Waals surface area contributed by atoms with Crippen LogP contribution in [0, 0.1) is 6.92 Å². The molecular weight excluding hydrogens is 334 g/mol. The van der Waals surface area contributed by atoms with Crippen LogP contribution in [-0.4, -0.2) is 41.2 Å². The number of carbonyl (C=O) groups excluding carboxylic acids is 1. The number of hydrogen-bond acceptors (Lipinski definition) is 5. The zero-order valence-corrected chi connectivity index (χ0v) is 14.5. The van der Waals surface area contributed by atoms with E-state index in [1.807, 2.05) is 31.2 Å². The maximum absolute atomic E-state index is 12.0. The van der Waals surface area contributed by atoms with E-state index in [0.29, 0.717) is 18.8 Å². The molecule has 2 aromatic carbocycles. The zero-order valence-electron chi connectivity index (χ0n) is 14.5. The molecule has 0 saturated carbocycles. The number of carboxylic acid groups (broad SMARTS) is 1. The largest absolute Gasteiger partial charge is 0.508 e. The number of anilines is 2. The lowest BCUT2D eigenvalue weighted by Crippen LogP contribution is -2.41. The molecule has 0 radical (unpaired) electrons. The molecule has 1 atom stereocenters. The van der Waals surface area contributed by atoms with E-state index in [1.54, 1.807) is 12.1 Å². The van der Waals surface area contributed by atoms with Gasteiger partial charge in [0.25, 0.3) is 0 Å².